The quantitative estimate of drug-likeness (QED) is 0.620. The van der Waals surface area contributed by atoms with Crippen LogP contribution in [-0.4, -0.2) is 4.98 Å². The Labute approximate surface area is 114 Å². The molecule has 0 amide bonds. The third-order valence-electron chi connectivity index (χ3n) is 4.01. The lowest BCUT2D eigenvalue weighted by Gasteiger charge is -2.05. The minimum Gasteiger partial charge on any atom is -0.354 e. The molecule has 3 aromatic rings. The van der Waals surface area contributed by atoms with Crippen LogP contribution in [0.1, 0.15) is 22.3 Å². The van der Waals surface area contributed by atoms with Gasteiger partial charge in [-0.2, -0.15) is 0 Å². The Bertz CT molecular complexity index is 763. The summed E-state index contributed by atoms with van der Waals surface area (Å²) in [7, 11) is 0. The minimum absolute atomic E-state index is 1.21. The average Bonchev–Trinajstić information content (AvgIpc) is 2.81. The number of benzene rings is 2. The van der Waals surface area contributed by atoms with E-state index in [0.29, 0.717) is 0 Å². The van der Waals surface area contributed by atoms with Gasteiger partial charge in [-0.1, -0.05) is 29.8 Å². The average molecular weight is 249 g/mol. The van der Waals surface area contributed by atoms with Crippen LogP contribution in [0, 0.1) is 27.7 Å². The van der Waals surface area contributed by atoms with Gasteiger partial charge in [-0.25, -0.2) is 0 Å². The Morgan fingerprint density at radius 2 is 1.53 bits per heavy atom. The number of hydrogen-bond donors (Lipinski definition) is 1. The zero-order valence-electron chi connectivity index (χ0n) is 12.0. The van der Waals surface area contributed by atoms with Crippen molar-refractivity contribution < 1.29 is 0 Å². The highest BCUT2D eigenvalue weighted by atomic mass is 14.7. The van der Waals surface area contributed by atoms with Crippen molar-refractivity contribution in [1.29, 1.82) is 0 Å². The number of nitrogens with one attached hydrogen (secondary N) is 1. The summed E-state index contributed by atoms with van der Waals surface area (Å²) in [5.41, 5.74) is 9.06. The van der Waals surface area contributed by atoms with E-state index >= 15 is 0 Å². The van der Waals surface area contributed by atoms with Gasteiger partial charge in [0, 0.05) is 22.2 Å². The fourth-order valence-electron chi connectivity index (χ4n) is 2.62. The topological polar surface area (TPSA) is 15.8 Å². The van der Waals surface area contributed by atoms with Crippen molar-refractivity contribution >= 4 is 10.9 Å². The molecule has 19 heavy (non-hydrogen) atoms. The zero-order valence-corrected chi connectivity index (χ0v) is 12.0. The number of aromatic amines is 1. The molecule has 1 nitrogen and oxygen atoms in total. The van der Waals surface area contributed by atoms with E-state index in [1.165, 1.54) is 44.4 Å². The molecular formula is C18H19N. The fraction of sp³-hybridized carbons (Fsp3) is 0.222. The Morgan fingerprint density at radius 1 is 0.789 bits per heavy atom. The van der Waals surface area contributed by atoms with Gasteiger partial charge in [-0.15, -0.1) is 0 Å². The number of fused-ring (bicyclic) bond motifs is 1. The van der Waals surface area contributed by atoms with Crippen LogP contribution in [0.15, 0.2) is 36.4 Å². The fourth-order valence-corrected chi connectivity index (χ4v) is 2.62. The number of aromatic nitrogens is 1. The summed E-state index contributed by atoms with van der Waals surface area (Å²) < 4.78 is 0. The van der Waals surface area contributed by atoms with E-state index in [1.807, 2.05) is 0 Å². The Hall–Kier alpha value is -2.02. The van der Waals surface area contributed by atoms with Crippen molar-refractivity contribution in [2.45, 2.75) is 27.7 Å². The van der Waals surface area contributed by atoms with E-state index in [1.54, 1.807) is 0 Å². The first-order chi connectivity index (χ1) is 9.06. The molecule has 0 bridgehead atoms. The molecule has 0 saturated heterocycles. The summed E-state index contributed by atoms with van der Waals surface area (Å²) in [6.45, 7) is 8.65. The van der Waals surface area contributed by atoms with Gasteiger partial charge in [-0.05, 0) is 56.5 Å². The Morgan fingerprint density at radius 3 is 2.32 bits per heavy atom. The van der Waals surface area contributed by atoms with Crippen LogP contribution in [0.5, 0.6) is 0 Å². The molecule has 1 heterocycles. The molecule has 2 aromatic carbocycles. The maximum absolute atomic E-state index is 3.59. The molecule has 0 unspecified atom stereocenters. The number of aryl methyl sites for hydroxylation is 4. The first kappa shape index (κ1) is 12.0. The van der Waals surface area contributed by atoms with Gasteiger partial charge >= 0.3 is 0 Å². The summed E-state index contributed by atoms with van der Waals surface area (Å²) in [6, 6.07) is 13.2. The monoisotopic (exact) mass is 249 g/mol. The maximum Gasteiger partial charge on any atom is 0.0491 e. The molecule has 0 fully saturated rings. The Kier molecular flexibility index (Phi) is 2.70. The number of H-pyrrole nitrogens is 1. The van der Waals surface area contributed by atoms with Crippen molar-refractivity contribution in [1.82, 2.24) is 4.98 Å². The summed E-state index contributed by atoms with van der Waals surface area (Å²) in [6.07, 6.45) is 0. The van der Waals surface area contributed by atoms with Crippen LogP contribution in [0.3, 0.4) is 0 Å². The van der Waals surface area contributed by atoms with Gasteiger partial charge in [-0.3, -0.25) is 0 Å². The molecule has 0 atom stereocenters. The molecule has 0 radical (unpaired) electrons. The first-order valence-electron chi connectivity index (χ1n) is 6.73. The second kappa shape index (κ2) is 4.27. The molecule has 1 heteroatoms. The van der Waals surface area contributed by atoms with Gasteiger partial charge < -0.3 is 4.98 Å². The lowest BCUT2D eigenvalue weighted by molar-refractivity contribution is 1.32. The maximum atomic E-state index is 3.59. The van der Waals surface area contributed by atoms with Gasteiger partial charge in [0.2, 0.25) is 0 Å². The summed E-state index contributed by atoms with van der Waals surface area (Å²) in [4.78, 5) is 3.59. The highest BCUT2D eigenvalue weighted by molar-refractivity contribution is 5.89. The van der Waals surface area contributed by atoms with Crippen molar-refractivity contribution in [2.24, 2.45) is 0 Å². The highest BCUT2D eigenvalue weighted by Crippen LogP contribution is 2.29. The molecule has 0 spiro atoms. The largest absolute Gasteiger partial charge is 0.354 e. The molecular weight excluding hydrogens is 230 g/mol. The van der Waals surface area contributed by atoms with Gasteiger partial charge in [0.25, 0.3) is 0 Å². The smallest absolute Gasteiger partial charge is 0.0491 e. The van der Waals surface area contributed by atoms with E-state index < -0.39 is 0 Å². The third kappa shape index (κ3) is 1.95. The molecule has 0 saturated carbocycles. The van der Waals surface area contributed by atoms with Crippen molar-refractivity contribution in [3.05, 3.63) is 58.7 Å². The minimum atomic E-state index is 1.21. The predicted octanol–water partition coefficient (Wildman–Crippen LogP) is 5.07. The SMILES string of the molecule is Cc1ccc(C)c(-c2cc3ccc(C)c(C)c3[nH]2)c1. The molecule has 0 aliphatic rings. The van der Waals surface area contributed by atoms with Gasteiger partial charge in [0.05, 0.1) is 0 Å². The van der Waals surface area contributed by atoms with E-state index in [-0.39, 0.29) is 0 Å². The predicted molar refractivity (Wildman–Crippen MR) is 82.7 cm³/mol. The highest BCUT2D eigenvalue weighted by Gasteiger charge is 2.08. The lowest BCUT2D eigenvalue weighted by atomic mass is 10.0. The second-order valence-electron chi connectivity index (χ2n) is 5.47. The van der Waals surface area contributed by atoms with Crippen LogP contribution < -0.4 is 0 Å². The van der Waals surface area contributed by atoms with Gasteiger partial charge in [0.15, 0.2) is 0 Å². The third-order valence-corrected chi connectivity index (χ3v) is 4.01. The summed E-state index contributed by atoms with van der Waals surface area (Å²) in [5, 5.41) is 1.29. The zero-order chi connectivity index (χ0) is 13.6. The van der Waals surface area contributed by atoms with E-state index in [0.717, 1.165) is 0 Å². The van der Waals surface area contributed by atoms with Crippen LogP contribution in [-0.2, 0) is 0 Å². The van der Waals surface area contributed by atoms with Gasteiger partial charge in [0.1, 0.15) is 0 Å². The molecule has 0 aliphatic carbocycles. The first-order valence-corrected chi connectivity index (χ1v) is 6.73. The Balaban J connectivity index is 2.26. The summed E-state index contributed by atoms with van der Waals surface area (Å²) >= 11 is 0. The number of rotatable bonds is 1. The van der Waals surface area contributed by atoms with Crippen LogP contribution >= 0.6 is 0 Å². The van der Waals surface area contributed by atoms with Crippen LogP contribution in [0.2, 0.25) is 0 Å². The normalized spacial score (nSPS) is 11.2. The van der Waals surface area contributed by atoms with Crippen LogP contribution in [0.4, 0.5) is 0 Å². The standard InChI is InChI=1S/C18H19N/c1-11-5-6-13(3)16(9-11)17-10-15-8-7-12(2)14(4)18(15)19-17/h5-10,19H,1-4H3. The summed E-state index contributed by atoms with van der Waals surface area (Å²) in [5.74, 6) is 0. The van der Waals surface area contributed by atoms with Crippen molar-refractivity contribution in [3.8, 4) is 11.3 Å². The lowest BCUT2D eigenvalue weighted by Crippen LogP contribution is -1.85. The van der Waals surface area contributed by atoms with E-state index in [4.69, 9.17) is 0 Å². The molecule has 0 aliphatic heterocycles. The van der Waals surface area contributed by atoms with Crippen molar-refractivity contribution in [3.63, 3.8) is 0 Å². The molecule has 1 aromatic heterocycles. The second-order valence-corrected chi connectivity index (χ2v) is 5.47. The van der Waals surface area contributed by atoms with E-state index in [9.17, 15) is 0 Å². The van der Waals surface area contributed by atoms with E-state index in [2.05, 4.69) is 69.1 Å². The van der Waals surface area contributed by atoms with Crippen LogP contribution in [0.25, 0.3) is 22.2 Å². The molecule has 1 N–H and O–H groups in total. The van der Waals surface area contributed by atoms with Crippen molar-refractivity contribution in [2.75, 3.05) is 0 Å². The molecule has 96 valence electrons. The number of hydrogen-bond acceptors (Lipinski definition) is 0. The molecule has 3 rings (SSSR count).